The summed E-state index contributed by atoms with van der Waals surface area (Å²) in [7, 11) is 0. The summed E-state index contributed by atoms with van der Waals surface area (Å²) in [6.45, 7) is 3.78. The van der Waals surface area contributed by atoms with Crippen molar-refractivity contribution >= 4 is 27.5 Å². The van der Waals surface area contributed by atoms with Gasteiger partial charge in [0, 0.05) is 22.1 Å². The zero-order chi connectivity index (χ0) is 13.1. The number of aryl methyl sites for hydroxylation is 1. The number of nitrogens with zero attached hydrogens (tertiary/aromatic N) is 1. The number of nitrogens with one attached hydrogen (secondary N) is 1. The molecule has 0 aliphatic rings. The molecule has 0 spiro atoms. The van der Waals surface area contributed by atoms with Gasteiger partial charge in [0.1, 0.15) is 0 Å². The van der Waals surface area contributed by atoms with Crippen LogP contribution in [0.25, 0.3) is 0 Å². The standard InChI is InChI=1S/C14H13BrN2O/c1-9-12(15)6-3-7-13(9)17-14(18)11-5-4-8-16-10(11)2/h3-8H,1-2H3,(H,17,18). The Morgan fingerprint density at radius 1 is 1.22 bits per heavy atom. The Morgan fingerprint density at radius 2 is 2.00 bits per heavy atom. The summed E-state index contributed by atoms with van der Waals surface area (Å²) in [6, 6.07) is 9.24. The lowest BCUT2D eigenvalue weighted by Gasteiger charge is -2.10. The first-order chi connectivity index (χ1) is 8.59. The van der Waals surface area contributed by atoms with Crippen molar-refractivity contribution in [2.24, 2.45) is 0 Å². The van der Waals surface area contributed by atoms with Crippen LogP contribution in [-0.2, 0) is 0 Å². The van der Waals surface area contributed by atoms with Gasteiger partial charge in [-0.1, -0.05) is 22.0 Å². The Bertz CT molecular complexity index is 596. The van der Waals surface area contributed by atoms with Crippen LogP contribution in [0.15, 0.2) is 41.0 Å². The molecule has 0 aliphatic heterocycles. The number of halogens is 1. The van der Waals surface area contributed by atoms with Crippen LogP contribution in [0, 0.1) is 13.8 Å². The number of amides is 1. The first-order valence-electron chi connectivity index (χ1n) is 5.57. The maximum Gasteiger partial charge on any atom is 0.257 e. The van der Waals surface area contributed by atoms with E-state index in [-0.39, 0.29) is 5.91 Å². The normalized spacial score (nSPS) is 10.2. The van der Waals surface area contributed by atoms with Gasteiger partial charge >= 0.3 is 0 Å². The Morgan fingerprint density at radius 3 is 2.72 bits per heavy atom. The van der Waals surface area contributed by atoms with Crippen LogP contribution < -0.4 is 5.32 Å². The molecule has 0 saturated carbocycles. The number of aromatic nitrogens is 1. The van der Waals surface area contributed by atoms with Crippen molar-refractivity contribution < 1.29 is 4.79 Å². The highest BCUT2D eigenvalue weighted by atomic mass is 79.9. The molecule has 1 aromatic heterocycles. The van der Waals surface area contributed by atoms with Crippen molar-refractivity contribution in [3.8, 4) is 0 Å². The molecule has 3 nitrogen and oxygen atoms in total. The Labute approximate surface area is 114 Å². The first kappa shape index (κ1) is 12.8. The van der Waals surface area contributed by atoms with Crippen molar-refractivity contribution in [3.05, 3.63) is 57.8 Å². The van der Waals surface area contributed by atoms with Gasteiger partial charge in [-0.25, -0.2) is 0 Å². The lowest BCUT2D eigenvalue weighted by Crippen LogP contribution is -2.14. The van der Waals surface area contributed by atoms with Gasteiger partial charge in [-0.3, -0.25) is 9.78 Å². The van der Waals surface area contributed by atoms with Crippen LogP contribution in [0.1, 0.15) is 21.6 Å². The second kappa shape index (κ2) is 5.31. The molecular formula is C14H13BrN2O. The highest BCUT2D eigenvalue weighted by molar-refractivity contribution is 9.10. The molecule has 0 saturated heterocycles. The van der Waals surface area contributed by atoms with Gasteiger partial charge in [0.15, 0.2) is 0 Å². The maximum atomic E-state index is 12.1. The van der Waals surface area contributed by atoms with Crippen LogP contribution in [0.3, 0.4) is 0 Å². The summed E-state index contributed by atoms with van der Waals surface area (Å²) in [5.74, 6) is -0.137. The van der Waals surface area contributed by atoms with E-state index in [2.05, 4.69) is 26.2 Å². The van der Waals surface area contributed by atoms with E-state index >= 15 is 0 Å². The van der Waals surface area contributed by atoms with Gasteiger partial charge in [-0.15, -0.1) is 0 Å². The van der Waals surface area contributed by atoms with E-state index in [4.69, 9.17) is 0 Å². The van der Waals surface area contributed by atoms with Gasteiger partial charge < -0.3 is 5.32 Å². The Hall–Kier alpha value is -1.68. The fourth-order valence-corrected chi connectivity index (χ4v) is 2.02. The highest BCUT2D eigenvalue weighted by Crippen LogP contribution is 2.24. The molecule has 92 valence electrons. The molecule has 1 aromatic carbocycles. The predicted molar refractivity (Wildman–Crippen MR) is 75.8 cm³/mol. The number of carbonyl (C=O) groups is 1. The minimum absolute atomic E-state index is 0.137. The molecule has 0 fully saturated rings. The third kappa shape index (κ3) is 2.59. The molecule has 2 rings (SSSR count). The van der Waals surface area contributed by atoms with Crippen LogP contribution >= 0.6 is 15.9 Å². The zero-order valence-electron chi connectivity index (χ0n) is 10.2. The topological polar surface area (TPSA) is 42.0 Å². The molecule has 1 heterocycles. The second-order valence-corrected chi connectivity index (χ2v) is 4.86. The number of rotatable bonds is 2. The Kier molecular flexibility index (Phi) is 3.77. The summed E-state index contributed by atoms with van der Waals surface area (Å²) in [6.07, 6.45) is 1.68. The van der Waals surface area contributed by atoms with Crippen molar-refractivity contribution in [2.45, 2.75) is 13.8 Å². The van der Waals surface area contributed by atoms with Crippen molar-refractivity contribution in [1.82, 2.24) is 4.98 Å². The lowest BCUT2D eigenvalue weighted by atomic mass is 10.1. The largest absolute Gasteiger partial charge is 0.322 e. The lowest BCUT2D eigenvalue weighted by molar-refractivity contribution is 0.102. The van der Waals surface area contributed by atoms with Gasteiger partial charge in [0.05, 0.1) is 5.56 Å². The molecule has 4 heteroatoms. The van der Waals surface area contributed by atoms with E-state index in [0.717, 1.165) is 21.4 Å². The summed E-state index contributed by atoms with van der Waals surface area (Å²) in [5, 5.41) is 2.90. The van der Waals surface area contributed by atoms with E-state index in [9.17, 15) is 4.79 Å². The fourth-order valence-electron chi connectivity index (χ4n) is 1.66. The van der Waals surface area contributed by atoms with E-state index in [1.165, 1.54) is 0 Å². The quantitative estimate of drug-likeness (QED) is 0.919. The zero-order valence-corrected chi connectivity index (χ0v) is 11.8. The molecule has 0 aliphatic carbocycles. The number of carbonyl (C=O) groups excluding carboxylic acids is 1. The number of benzene rings is 1. The fraction of sp³-hybridized carbons (Fsp3) is 0.143. The molecule has 0 bridgehead atoms. The second-order valence-electron chi connectivity index (χ2n) is 4.00. The number of pyridine rings is 1. The molecule has 2 aromatic rings. The van der Waals surface area contributed by atoms with Crippen molar-refractivity contribution in [1.29, 1.82) is 0 Å². The SMILES string of the molecule is Cc1ncccc1C(=O)Nc1cccc(Br)c1C. The predicted octanol–water partition coefficient (Wildman–Crippen LogP) is 3.71. The first-order valence-corrected chi connectivity index (χ1v) is 6.37. The molecule has 1 N–H and O–H groups in total. The van der Waals surface area contributed by atoms with Gasteiger partial charge in [-0.2, -0.15) is 0 Å². The van der Waals surface area contributed by atoms with Gasteiger partial charge in [0.25, 0.3) is 5.91 Å². The van der Waals surface area contributed by atoms with E-state index in [1.54, 1.807) is 18.3 Å². The highest BCUT2D eigenvalue weighted by Gasteiger charge is 2.11. The van der Waals surface area contributed by atoms with Crippen LogP contribution in [-0.4, -0.2) is 10.9 Å². The molecule has 0 radical (unpaired) electrons. The monoisotopic (exact) mass is 304 g/mol. The summed E-state index contributed by atoms with van der Waals surface area (Å²) in [4.78, 5) is 16.2. The number of hydrogen-bond acceptors (Lipinski definition) is 2. The number of hydrogen-bond donors (Lipinski definition) is 1. The average molecular weight is 305 g/mol. The van der Waals surface area contributed by atoms with E-state index < -0.39 is 0 Å². The Balaban J connectivity index is 2.27. The van der Waals surface area contributed by atoms with Crippen molar-refractivity contribution in [2.75, 3.05) is 5.32 Å². The smallest absolute Gasteiger partial charge is 0.257 e. The third-order valence-corrected chi connectivity index (χ3v) is 3.63. The van der Waals surface area contributed by atoms with Crippen LogP contribution in [0.5, 0.6) is 0 Å². The minimum atomic E-state index is -0.137. The molecule has 1 amide bonds. The molecule has 0 unspecified atom stereocenters. The van der Waals surface area contributed by atoms with Crippen LogP contribution in [0.4, 0.5) is 5.69 Å². The molecule has 0 atom stereocenters. The average Bonchev–Trinajstić information content (AvgIpc) is 2.35. The van der Waals surface area contributed by atoms with E-state index in [1.807, 2.05) is 32.0 Å². The maximum absolute atomic E-state index is 12.1. The van der Waals surface area contributed by atoms with Crippen LogP contribution in [0.2, 0.25) is 0 Å². The summed E-state index contributed by atoms with van der Waals surface area (Å²) < 4.78 is 0.975. The third-order valence-electron chi connectivity index (χ3n) is 2.77. The molecule has 18 heavy (non-hydrogen) atoms. The minimum Gasteiger partial charge on any atom is -0.322 e. The van der Waals surface area contributed by atoms with Gasteiger partial charge in [-0.05, 0) is 43.7 Å². The van der Waals surface area contributed by atoms with E-state index in [0.29, 0.717) is 5.56 Å². The molecular weight excluding hydrogens is 292 g/mol. The summed E-state index contributed by atoms with van der Waals surface area (Å²) in [5.41, 5.74) is 3.13. The summed E-state index contributed by atoms with van der Waals surface area (Å²) >= 11 is 3.44. The van der Waals surface area contributed by atoms with Gasteiger partial charge in [0.2, 0.25) is 0 Å². The number of anilines is 1. The van der Waals surface area contributed by atoms with Crippen molar-refractivity contribution in [3.63, 3.8) is 0 Å².